The first kappa shape index (κ1) is 32.0. The first-order valence-corrected chi connectivity index (χ1v) is 14.1. The Hall–Kier alpha value is -4.45. The maximum absolute atomic E-state index is 14.0. The van der Waals surface area contributed by atoms with Crippen molar-refractivity contribution >= 4 is 28.1 Å². The van der Waals surface area contributed by atoms with Crippen LogP contribution in [-0.4, -0.2) is 56.8 Å². The number of aromatic nitrogens is 5. The van der Waals surface area contributed by atoms with Crippen LogP contribution in [0.1, 0.15) is 39.1 Å². The van der Waals surface area contributed by atoms with Crippen LogP contribution in [0.15, 0.2) is 47.5 Å². The lowest BCUT2D eigenvalue weighted by Crippen LogP contribution is -2.40. The first-order valence-electron chi connectivity index (χ1n) is 13.3. The number of anilines is 2. The topological polar surface area (TPSA) is 116 Å². The van der Waals surface area contributed by atoms with E-state index in [-0.39, 0.29) is 43.7 Å². The van der Waals surface area contributed by atoms with Crippen LogP contribution in [0.25, 0.3) is 0 Å². The third-order valence-electron chi connectivity index (χ3n) is 6.67. The third kappa shape index (κ3) is 7.11. The minimum absolute atomic E-state index is 0.0635. The molecule has 1 aliphatic rings. The van der Waals surface area contributed by atoms with Gasteiger partial charge in [-0.1, -0.05) is 23.5 Å². The maximum Gasteiger partial charge on any atom is 0.427 e. The SMILES string of the molecule is COc1ccc(Cn2ncc(N[C@@H](C)COCc3cc4n(n3)CCN(c3ncc(C(F)(F)F)s3)C4=O)c(C(F)(F)F)c2=O)cc1. The fourth-order valence-electron chi connectivity index (χ4n) is 4.56. The number of thiazole rings is 1. The molecule has 18 heteroatoms. The fourth-order valence-corrected chi connectivity index (χ4v) is 5.36. The summed E-state index contributed by atoms with van der Waals surface area (Å²) in [5.41, 5.74) is -2.20. The van der Waals surface area contributed by atoms with Gasteiger partial charge in [-0.2, -0.15) is 36.5 Å². The molecule has 1 atom stereocenters. The maximum atomic E-state index is 14.0. The molecule has 45 heavy (non-hydrogen) atoms. The number of hydrogen-bond acceptors (Lipinski definition) is 9. The van der Waals surface area contributed by atoms with Crippen LogP contribution in [0.5, 0.6) is 5.75 Å². The largest absolute Gasteiger partial charge is 0.497 e. The molecule has 0 bridgehead atoms. The lowest BCUT2D eigenvalue weighted by molar-refractivity contribution is -0.138. The number of alkyl halides is 6. The summed E-state index contributed by atoms with van der Waals surface area (Å²) in [6.07, 6.45) is -7.93. The van der Waals surface area contributed by atoms with Crippen LogP contribution in [0, 0.1) is 0 Å². The fraction of sp³-hybridized carbons (Fsp3) is 0.370. The molecule has 1 N–H and O–H groups in total. The second kappa shape index (κ2) is 12.5. The van der Waals surface area contributed by atoms with Gasteiger partial charge >= 0.3 is 12.4 Å². The van der Waals surface area contributed by atoms with E-state index in [4.69, 9.17) is 9.47 Å². The van der Waals surface area contributed by atoms with Gasteiger partial charge in [-0.3, -0.25) is 19.2 Å². The van der Waals surface area contributed by atoms with Crippen molar-refractivity contribution in [1.82, 2.24) is 24.5 Å². The van der Waals surface area contributed by atoms with E-state index in [1.165, 1.54) is 17.9 Å². The summed E-state index contributed by atoms with van der Waals surface area (Å²) in [7, 11) is 1.47. The predicted octanol–water partition coefficient (Wildman–Crippen LogP) is 4.67. The molecule has 0 unspecified atom stereocenters. The number of amides is 1. The van der Waals surface area contributed by atoms with Gasteiger partial charge < -0.3 is 14.8 Å². The standard InChI is InChI=1S/C27H25F6N7O4S/c1-15(36-19-10-35-40(24(42)22(19)27(31,32)33)12-16-3-5-18(43-2)6-4-16)13-44-14-17-9-20-23(41)38(7-8-39(20)37-17)25-34-11-21(45-25)26(28,29)30/h3-6,9-11,15,36H,7-8,12-14H2,1-2H3/t15-/m0/s1. The normalized spacial score (nSPS) is 14.4. The highest BCUT2D eigenvalue weighted by molar-refractivity contribution is 7.15. The van der Waals surface area contributed by atoms with E-state index in [2.05, 4.69) is 20.5 Å². The van der Waals surface area contributed by atoms with E-state index < -0.39 is 46.0 Å². The van der Waals surface area contributed by atoms with E-state index >= 15 is 0 Å². The number of nitrogens with one attached hydrogen (secondary N) is 1. The van der Waals surface area contributed by atoms with Crippen molar-refractivity contribution in [3.63, 3.8) is 0 Å². The molecular weight excluding hydrogens is 632 g/mol. The first-order chi connectivity index (χ1) is 21.2. The molecule has 0 aliphatic carbocycles. The summed E-state index contributed by atoms with van der Waals surface area (Å²) in [5.74, 6) is -0.0249. The van der Waals surface area contributed by atoms with Gasteiger partial charge in [0.15, 0.2) is 5.13 Å². The molecule has 0 saturated carbocycles. The number of hydrogen-bond donors (Lipinski definition) is 1. The molecule has 1 aromatic carbocycles. The molecule has 0 radical (unpaired) electrons. The minimum atomic E-state index is -4.96. The monoisotopic (exact) mass is 657 g/mol. The van der Waals surface area contributed by atoms with Crippen LogP contribution < -0.4 is 20.5 Å². The van der Waals surface area contributed by atoms with Gasteiger partial charge in [0, 0.05) is 12.6 Å². The number of nitrogens with zero attached hydrogens (tertiary/aromatic N) is 6. The molecule has 4 aromatic rings. The van der Waals surface area contributed by atoms with Gasteiger partial charge in [-0.25, -0.2) is 9.67 Å². The van der Waals surface area contributed by atoms with Crippen molar-refractivity contribution in [2.45, 2.75) is 45.0 Å². The summed E-state index contributed by atoms with van der Waals surface area (Å²) in [4.78, 5) is 29.7. The van der Waals surface area contributed by atoms with Gasteiger partial charge in [0.05, 0.1) is 57.2 Å². The van der Waals surface area contributed by atoms with Gasteiger partial charge in [-0.15, -0.1) is 0 Å². The van der Waals surface area contributed by atoms with Gasteiger partial charge in [-0.05, 0) is 30.7 Å². The number of carbonyl (C=O) groups is 1. The molecule has 1 aliphatic heterocycles. The number of halogens is 6. The highest BCUT2D eigenvalue weighted by Gasteiger charge is 2.39. The van der Waals surface area contributed by atoms with E-state index in [1.54, 1.807) is 31.2 Å². The summed E-state index contributed by atoms with van der Waals surface area (Å²) < 4.78 is 93.6. The zero-order chi connectivity index (χ0) is 32.5. The Labute approximate surface area is 255 Å². The van der Waals surface area contributed by atoms with Gasteiger partial charge in [0.25, 0.3) is 11.5 Å². The van der Waals surface area contributed by atoms with Crippen LogP contribution >= 0.6 is 11.3 Å². The van der Waals surface area contributed by atoms with Crippen LogP contribution in [-0.2, 0) is 36.8 Å². The number of ether oxygens (including phenoxy) is 2. The second-order valence-corrected chi connectivity index (χ2v) is 11.0. The molecule has 3 aromatic heterocycles. The Bertz CT molecular complexity index is 1730. The number of fused-ring (bicyclic) bond motifs is 1. The molecule has 4 heterocycles. The number of rotatable bonds is 10. The molecular formula is C27H25F6N7O4S. The summed E-state index contributed by atoms with van der Waals surface area (Å²) in [6.45, 7) is 1.42. The molecule has 1 amide bonds. The smallest absolute Gasteiger partial charge is 0.427 e. The molecule has 11 nitrogen and oxygen atoms in total. The molecule has 0 fully saturated rings. The van der Waals surface area contributed by atoms with Crippen molar-refractivity contribution in [2.24, 2.45) is 0 Å². The van der Waals surface area contributed by atoms with Gasteiger partial charge in [0.2, 0.25) is 0 Å². The van der Waals surface area contributed by atoms with Crippen LogP contribution in [0.4, 0.5) is 37.2 Å². The Morgan fingerprint density at radius 3 is 2.42 bits per heavy atom. The molecule has 0 spiro atoms. The molecule has 5 rings (SSSR count). The highest BCUT2D eigenvalue weighted by atomic mass is 32.1. The number of carbonyl (C=O) groups excluding carboxylic acids is 1. The van der Waals surface area contributed by atoms with E-state index in [9.17, 15) is 35.9 Å². The summed E-state index contributed by atoms with van der Waals surface area (Å²) in [6, 6.07) is 7.19. The third-order valence-corrected chi connectivity index (χ3v) is 7.74. The number of methoxy groups -OCH3 is 1. The quantitative estimate of drug-likeness (QED) is 0.245. The van der Waals surface area contributed by atoms with E-state index in [0.29, 0.717) is 34.5 Å². The van der Waals surface area contributed by atoms with Crippen LogP contribution in [0.3, 0.4) is 0 Å². The van der Waals surface area contributed by atoms with Crippen molar-refractivity contribution in [2.75, 3.05) is 30.5 Å². The second-order valence-electron chi connectivity index (χ2n) is 10.0. The number of benzene rings is 1. The van der Waals surface area contributed by atoms with Crippen molar-refractivity contribution in [3.05, 3.63) is 80.5 Å². The van der Waals surface area contributed by atoms with Gasteiger partial charge in [0.1, 0.15) is 21.9 Å². The lowest BCUT2D eigenvalue weighted by Gasteiger charge is -2.24. The van der Waals surface area contributed by atoms with Crippen molar-refractivity contribution in [1.29, 1.82) is 0 Å². The van der Waals surface area contributed by atoms with E-state index in [0.717, 1.165) is 15.8 Å². The molecule has 0 saturated heterocycles. The summed E-state index contributed by atoms with van der Waals surface area (Å²) in [5, 5.41) is 10.8. The average Bonchev–Trinajstić information content (AvgIpc) is 3.63. The minimum Gasteiger partial charge on any atom is -0.497 e. The zero-order valence-corrected chi connectivity index (χ0v) is 24.5. The average molecular weight is 658 g/mol. The Balaban J connectivity index is 1.21. The van der Waals surface area contributed by atoms with Crippen LogP contribution in [0.2, 0.25) is 0 Å². The zero-order valence-electron chi connectivity index (χ0n) is 23.6. The Morgan fingerprint density at radius 2 is 1.78 bits per heavy atom. The summed E-state index contributed by atoms with van der Waals surface area (Å²) >= 11 is 0.362. The highest BCUT2D eigenvalue weighted by Crippen LogP contribution is 2.37. The van der Waals surface area contributed by atoms with Crippen molar-refractivity contribution < 1.29 is 40.6 Å². The predicted molar refractivity (Wildman–Crippen MR) is 149 cm³/mol. The van der Waals surface area contributed by atoms with E-state index in [1.807, 2.05) is 0 Å². The van der Waals surface area contributed by atoms with Crippen molar-refractivity contribution in [3.8, 4) is 5.75 Å². The lowest BCUT2D eigenvalue weighted by atomic mass is 10.2. The Kier molecular flexibility index (Phi) is 8.88. The molecule has 240 valence electrons. The Morgan fingerprint density at radius 1 is 1.04 bits per heavy atom.